The van der Waals surface area contributed by atoms with Crippen LogP contribution in [0.1, 0.15) is 37.7 Å². The summed E-state index contributed by atoms with van der Waals surface area (Å²) < 4.78 is 1.59. The van der Waals surface area contributed by atoms with Crippen molar-refractivity contribution in [3.8, 4) is 11.5 Å². The van der Waals surface area contributed by atoms with E-state index in [1.165, 1.54) is 12.8 Å². The van der Waals surface area contributed by atoms with E-state index in [0.29, 0.717) is 17.1 Å². The van der Waals surface area contributed by atoms with Gasteiger partial charge in [0.25, 0.3) is 5.56 Å². The van der Waals surface area contributed by atoms with Gasteiger partial charge in [-0.25, -0.2) is 9.78 Å². The van der Waals surface area contributed by atoms with Gasteiger partial charge in [-0.15, -0.1) is 0 Å². The summed E-state index contributed by atoms with van der Waals surface area (Å²) in [4.78, 5) is 34.8. The first kappa shape index (κ1) is 21.4. The lowest BCUT2D eigenvalue weighted by atomic mass is 10.1. The molecule has 10 nitrogen and oxygen atoms in total. The number of aliphatic hydroxyl groups is 3. The molecule has 5 N–H and O–H groups in total. The number of aliphatic hydroxyl groups excluding tert-OH is 3. The number of aromatic amines is 1. The van der Waals surface area contributed by atoms with Crippen molar-refractivity contribution in [1.82, 2.24) is 19.5 Å². The zero-order chi connectivity index (χ0) is 22.1. The highest BCUT2D eigenvalue weighted by atomic mass is 16.3. The van der Waals surface area contributed by atoms with Crippen LogP contribution < -0.4 is 16.6 Å². The van der Waals surface area contributed by atoms with Crippen molar-refractivity contribution in [1.29, 1.82) is 0 Å². The molecule has 0 saturated heterocycles. The standard InChI is InChI=1S/C21H27N5O5/c1-11-6-16-17(8-15(11)22-12-4-2-3-5-12)26(9-13(28)7-14(29)10-27)19-18(23-16)20(30)25-21(31)24-19/h6,8,12-14,22,27-29H,2-5,7,9-10H2,1H3,(H,25,30,31)/t13-,14+/m1/s1. The Morgan fingerprint density at radius 2 is 1.94 bits per heavy atom. The number of hydrogen-bond acceptors (Lipinski definition) is 8. The summed E-state index contributed by atoms with van der Waals surface area (Å²) in [5.41, 5.74) is 1.58. The summed E-state index contributed by atoms with van der Waals surface area (Å²) in [6.45, 7) is 1.45. The van der Waals surface area contributed by atoms with E-state index in [0.717, 1.165) is 24.1 Å². The Morgan fingerprint density at radius 3 is 2.65 bits per heavy atom. The van der Waals surface area contributed by atoms with Crippen molar-refractivity contribution in [3.05, 3.63) is 38.5 Å². The van der Waals surface area contributed by atoms with Crippen LogP contribution in [0.15, 0.2) is 21.7 Å². The molecule has 1 aromatic rings. The van der Waals surface area contributed by atoms with E-state index in [-0.39, 0.29) is 24.5 Å². The van der Waals surface area contributed by atoms with Crippen LogP contribution in [-0.4, -0.2) is 59.7 Å². The van der Waals surface area contributed by atoms with Gasteiger partial charge >= 0.3 is 5.69 Å². The van der Waals surface area contributed by atoms with E-state index < -0.39 is 30.1 Å². The van der Waals surface area contributed by atoms with Crippen molar-refractivity contribution in [2.45, 2.75) is 63.8 Å². The summed E-state index contributed by atoms with van der Waals surface area (Å²) in [5, 5.41) is 32.8. The molecule has 10 heteroatoms. The Morgan fingerprint density at radius 1 is 1.19 bits per heavy atom. The van der Waals surface area contributed by atoms with Crippen LogP contribution >= 0.6 is 0 Å². The lowest BCUT2D eigenvalue weighted by Gasteiger charge is -2.22. The number of anilines is 1. The maximum Gasteiger partial charge on any atom is 0.349 e. The monoisotopic (exact) mass is 429 g/mol. The van der Waals surface area contributed by atoms with Crippen LogP contribution in [0.2, 0.25) is 0 Å². The molecular weight excluding hydrogens is 402 g/mol. The van der Waals surface area contributed by atoms with Crippen LogP contribution in [0.4, 0.5) is 5.69 Å². The van der Waals surface area contributed by atoms with E-state index in [1.54, 1.807) is 4.57 Å². The lowest BCUT2D eigenvalue weighted by Crippen LogP contribution is -2.31. The average Bonchev–Trinajstić information content (AvgIpc) is 3.22. The molecule has 166 valence electrons. The number of benzene rings is 1. The smallest absolute Gasteiger partial charge is 0.349 e. The maximum absolute atomic E-state index is 12.4. The predicted molar refractivity (Wildman–Crippen MR) is 115 cm³/mol. The Kier molecular flexibility index (Phi) is 6.03. The summed E-state index contributed by atoms with van der Waals surface area (Å²) in [6.07, 6.45) is 2.39. The second kappa shape index (κ2) is 8.74. The molecule has 0 aromatic heterocycles. The third kappa shape index (κ3) is 4.46. The third-order valence-electron chi connectivity index (χ3n) is 5.82. The molecule has 0 amide bonds. The number of fused-ring (bicyclic) bond motifs is 2. The van der Waals surface area contributed by atoms with Gasteiger partial charge in [0.05, 0.1) is 36.4 Å². The number of aryl methyl sites for hydroxylation is 1. The minimum absolute atomic E-state index is 0.00194. The fourth-order valence-electron chi connectivity index (χ4n) is 4.25. The molecule has 0 radical (unpaired) electrons. The van der Waals surface area contributed by atoms with Crippen molar-refractivity contribution in [2.75, 3.05) is 11.9 Å². The van der Waals surface area contributed by atoms with Crippen LogP contribution in [0, 0.1) is 6.92 Å². The summed E-state index contributed by atoms with van der Waals surface area (Å²) in [7, 11) is 0. The quantitative estimate of drug-likeness (QED) is 0.337. The highest BCUT2D eigenvalue weighted by Gasteiger charge is 2.23. The van der Waals surface area contributed by atoms with Crippen molar-refractivity contribution >= 4 is 16.7 Å². The van der Waals surface area contributed by atoms with E-state index >= 15 is 0 Å². The fourth-order valence-corrected chi connectivity index (χ4v) is 4.25. The van der Waals surface area contributed by atoms with Gasteiger partial charge in [-0.2, -0.15) is 4.98 Å². The second-order valence-corrected chi connectivity index (χ2v) is 8.27. The van der Waals surface area contributed by atoms with Crippen LogP contribution in [0.5, 0.6) is 0 Å². The molecule has 2 heterocycles. The molecule has 1 aromatic carbocycles. The summed E-state index contributed by atoms with van der Waals surface area (Å²) >= 11 is 0. The Labute approximate surface area is 178 Å². The number of rotatable bonds is 7. The molecule has 4 rings (SSSR count). The number of H-pyrrole nitrogens is 1. The minimum atomic E-state index is -1.08. The molecule has 1 saturated carbocycles. The van der Waals surface area contributed by atoms with Gasteiger partial charge in [0.1, 0.15) is 0 Å². The van der Waals surface area contributed by atoms with Crippen molar-refractivity contribution < 1.29 is 15.3 Å². The van der Waals surface area contributed by atoms with Crippen LogP contribution in [0.25, 0.3) is 22.6 Å². The average molecular weight is 429 g/mol. The number of nitrogens with one attached hydrogen (secondary N) is 2. The van der Waals surface area contributed by atoms with Crippen molar-refractivity contribution in [2.24, 2.45) is 0 Å². The minimum Gasteiger partial charge on any atom is -0.394 e. The zero-order valence-corrected chi connectivity index (χ0v) is 17.3. The second-order valence-electron chi connectivity index (χ2n) is 8.27. The highest BCUT2D eigenvalue weighted by Crippen LogP contribution is 2.29. The SMILES string of the molecule is Cc1cc2nc3c(=O)[nH]c(=O)nc-3n(C[C@H](O)C[C@H](O)CO)c2cc1NC1CCCC1. The molecule has 1 fully saturated rings. The van der Waals surface area contributed by atoms with Crippen LogP contribution in [-0.2, 0) is 6.54 Å². The third-order valence-corrected chi connectivity index (χ3v) is 5.82. The van der Waals surface area contributed by atoms with E-state index in [4.69, 9.17) is 5.11 Å². The largest absolute Gasteiger partial charge is 0.394 e. The van der Waals surface area contributed by atoms with E-state index in [9.17, 15) is 19.8 Å². The Balaban J connectivity index is 1.87. The molecule has 0 bridgehead atoms. The number of hydrogen-bond donors (Lipinski definition) is 5. The zero-order valence-electron chi connectivity index (χ0n) is 17.3. The molecule has 1 aliphatic carbocycles. The normalized spacial score (nSPS) is 16.8. The van der Waals surface area contributed by atoms with Gasteiger partial charge in [0, 0.05) is 18.2 Å². The highest BCUT2D eigenvalue weighted by molar-refractivity contribution is 5.84. The lowest BCUT2D eigenvalue weighted by molar-refractivity contribution is 0.0362. The topological polar surface area (TPSA) is 153 Å². The summed E-state index contributed by atoms with van der Waals surface area (Å²) in [6, 6.07) is 4.15. The van der Waals surface area contributed by atoms with E-state index in [2.05, 4.69) is 20.3 Å². The first-order valence-electron chi connectivity index (χ1n) is 10.5. The molecule has 0 spiro atoms. The Hall–Kier alpha value is -2.82. The molecule has 3 aliphatic rings. The summed E-state index contributed by atoms with van der Waals surface area (Å²) in [5.74, 6) is 0.0643. The molecule has 2 aliphatic heterocycles. The molecular formula is C21H27N5O5. The Bertz CT molecular complexity index is 1170. The number of aromatic nitrogens is 4. The maximum atomic E-state index is 12.4. The van der Waals surface area contributed by atoms with Crippen molar-refractivity contribution in [3.63, 3.8) is 0 Å². The molecule has 2 atom stereocenters. The first-order valence-corrected chi connectivity index (χ1v) is 10.5. The van der Waals surface area contributed by atoms with Gasteiger partial charge in [-0.05, 0) is 37.5 Å². The van der Waals surface area contributed by atoms with E-state index in [1.807, 2.05) is 19.1 Å². The predicted octanol–water partition coefficient (Wildman–Crippen LogP) is 0.352. The van der Waals surface area contributed by atoms with Gasteiger partial charge < -0.3 is 25.2 Å². The first-order chi connectivity index (χ1) is 14.9. The van der Waals surface area contributed by atoms with Gasteiger partial charge in [-0.3, -0.25) is 9.78 Å². The van der Waals surface area contributed by atoms with Gasteiger partial charge in [0.2, 0.25) is 0 Å². The fraction of sp³-hybridized carbons (Fsp3) is 0.524. The molecule has 0 unspecified atom stereocenters. The number of nitrogens with zero attached hydrogens (tertiary/aromatic N) is 3. The van der Waals surface area contributed by atoms with Gasteiger partial charge in [0.15, 0.2) is 11.5 Å². The van der Waals surface area contributed by atoms with Gasteiger partial charge in [-0.1, -0.05) is 12.8 Å². The van der Waals surface area contributed by atoms with Crippen LogP contribution in [0.3, 0.4) is 0 Å². The molecule has 31 heavy (non-hydrogen) atoms.